The molecule has 1 rings (SSSR count). The Hall–Kier alpha value is -1.69. The van der Waals surface area contributed by atoms with Crippen molar-refractivity contribution in [2.45, 2.75) is 52.7 Å². The molecular formula is C16H29N5O. The number of urea groups is 1. The van der Waals surface area contributed by atoms with Gasteiger partial charge in [-0.15, -0.1) is 0 Å². The highest BCUT2D eigenvalue weighted by atomic mass is 16.2. The predicted octanol–water partition coefficient (Wildman–Crippen LogP) is 2.30. The lowest BCUT2D eigenvalue weighted by molar-refractivity contribution is 0.167. The van der Waals surface area contributed by atoms with Gasteiger partial charge in [-0.2, -0.15) is 0 Å². The molecule has 1 heterocycles. The molecule has 0 saturated carbocycles. The van der Waals surface area contributed by atoms with Crippen molar-refractivity contribution in [1.82, 2.24) is 25.1 Å². The van der Waals surface area contributed by atoms with Crippen molar-refractivity contribution >= 4 is 6.03 Å². The van der Waals surface area contributed by atoms with Crippen LogP contribution in [0.5, 0.6) is 0 Å². The van der Waals surface area contributed by atoms with Crippen molar-refractivity contribution in [2.75, 3.05) is 20.1 Å². The van der Waals surface area contributed by atoms with Gasteiger partial charge in [0.25, 0.3) is 0 Å². The molecule has 0 aliphatic rings. The van der Waals surface area contributed by atoms with Crippen LogP contribution in [0.2, 0.25) is 0 Å². The fourth-order valence-corrected chi connectivity index (χ4v) is 2.45. The monoisotopic (exact) mass is 307 g/mol. The van der Waals surface area contributed by atoms with Gasteiger partial charge in [-0.25, -0.2) is 14.8 Å². The Kier molecular flexibility index (Phi) is 7.24. The molecule has 0 radical (unpaired) electrons. The fraction of sp³-hybridized carbons (Fsp3) is 0.688. The largest absolute Gasteiger partial charge is 0.337 e. The van der Waals surface area contributed by atoms with E-state index in [9.17, 15) is 4.79 Å². The number of hydrogen-bond donors (Lipinski definition) is 1. The summed E-state index contributed by atoms with van der Waals surface area (Å²) in [6.07, 6.45) is 3.19. The number of hydrogen-bond acceptors (Lipinski definition) is 4. The van der Waals surface area contributed by atoms with Crippen LogP contribution < -0.4 is 5.32 Å². The minimum atomic E-state index is -0.0886. The number of aromatic nitrogens is 2. The number of amides is 2. The van der Waals surface area contributed by atoms with Gasteiger partial charge in [-0.1, -0.05) is 0 Å². The first-order chi connectivity index (χ1) is 10.3. The molecule has 2 amide bonds. The molecule has 0 unspecified atom stereocenters. The lowest BCUT2D eigenvalue weighted by atomic mass is 10.2. The highest BCUT2D eigenvalue weighted by molar-refractivity contribution is 5.74. The van der Waals surface area contributed by atoms with Crippen LogP contribution in [0.15, 0.2) is 18.6 Å². The van der Waals surface area contributed by atoms with Crippen molar-refractivity contribution in [3.05, 3.63) is 24.3 Å². The average Bonchev–Trinajstić information content (AvgIpc) is 2.49. The van der Waals surface area contributed by atoms with Crippen molar-refractivity contribution in [3.63, 3.8) is 0 Å². The van der Waals surface area contributed by atoms with Gasteiger partial charge in [0.15, 0.2) is 0 Å². The van der Waals surface area contributed by atoms with Gasteiger partial charge in [0.1, 0.15) is 6.33 Å². The minimum absolute atomic E-state index is 0.0847. The lowest BCUT2D eigenvalue weighted by Crippen LogP contribution is -2.45. The Bertz CT molecular complexity index is 441. The van der Waals surface area contributed by atoms with E-state index in [2.05, 4.69) is 47.9 Å². The SMILES string of the molecule is CC(C)N(CCNC(=O)N(C)[C@@H](C)c1ccncn1)C(C)C. The van der Waals surface area contributed by atoms with E-state index in [1.54, 1.807) is 18.1 Å². The van der Waals surface area contributed by atoms with E-state index >= 15 is 0 Å². The van der Waals surface area contributed by atoms with Gasteiger partial charge < -0.3 is 10.2 Å². The third-order valence-electron chi connectivity index (χ3n) is 3.91. The van der Waals surface area contributed by atoms with Crippen LogP contribution in [0, 0.1) is 0 Å². The summed E-state index contributed by atoms with van der Waals surface area (Å²) in [5.74, 6) is 0. The van der Waals surface area contributed by atoms with E-state index in [-0.39, 0.29) is 12.1 Å². The molecule has 1 aromatic heterocycles. The number of carbonyl (C=O) groups is 1. The van der Waals surface area contributed by atoms with Gasteiger partial charge >= 0.3 is 6.03 Å². The van der Waals surface area contributed by atoms with Crippen molar-refractivity contribution in [2.24, 2.45) is 0 Å². The zero-order valence-corrected chi connectivity index (χ0v) is 14.6. The maximum absolute atomic E-state index is 12.2. The summed E-state index contributed by atoms with van der Waals surface area (Å²) in [6.45, 7) is 12.1. The zero-order valence-electron chi connectivity index (χ0n) is 14.6. The van der Waals surface area contributed by atoms with E-state index in [1.807, 2.05) is 13.0 Å². The van der Waals surface area contributed by atoms with Crippen LogP contribution in [0.3, 0.4) is 0 Å². The average molecular weight is 307 g/mol. The maximum atomic E-state index is 12.2. The number of nitrogens with one attached hydrogen (secondary N) is 1. The van der Waals surface area contributed by atoms with Crippen molar-refractivity contribution in [3.8, 4) is 0 Å². The third kappa shape index (κ3) is 5.26. The first-order valence-corrected chi connectivity index (χ1v) is 7.86. The van der Waals surface area contributed by atoms with E-state index in [0.717, 1.165) is 12.2 Å². The molecule has 1 atom stereocenters. The minimum Gasteiger partial charge on any atom is -0.337 e. The van der Waals surface area contributed by atoms with Crippen LogP contribution in [-0.2, 0) is 0 Å². The van der Waals surface area contributed by atoms with Crippen LogP contribution in [0.1, 0.15) is 46.4 Å². The fourth-order valence-electron chi connectivity index (χ4n) is 2.45. The van der Waals surface area contributed by atoms with Crippen LogP contribution in [0.4, 0.5) is 4.79 Å². The Balaban J connectivity index is 2.48. The van der Waals surface area contributed by atoms with Gasteiger partial charge in [0.05, 0.1) is 11.7 Å². The van der Waals surface area contributed by atoms with Gasteiger partial charge in [-0.3, -0.25) is 4.90 Å². The second-order valence-corrected chi connectivity index (χ2v) is 6.08. The molecule has 1 aromatic rings. The van der Waals surface area contributed by atoms with Crippen LogP contribution in [-0.4, -0.2) is 58.0 Å². The molecule has 0 spiro atoms. The summed E-state index contributed by atoms with van der Waals surface area (Å²) in [7, 11) is 1.78. The van der Waals surface area contributed by atoms with E-state index in [1.165, 1.54) is 6.33 Å². The molecule has 0 aromatic carbocycles. The van der Waals surface area contributed by atoms with E-state index in [0.29, 0.717) is 18.6 Å². The first kappa shape index (κ1) is 18.4. The highest BCUT2D eigenvalue weighted by Gasteiger charge is 2.19. The molecule has 0 bridgehead atoms. The van der Waals surface area contributed by atoms with Crippen LogP contribution >= 0.6 is 0 Å². The third-order valence-corrected chi connectivity index (χ3v) is 3.91. The summed E-state index contributed by atoms with van der Waals surface area (Å²) in [5.41, 5.74) is 0.832. The Morgan fingerprint density at radius 2 is 1.86 bits per heavy atom. The molecule has 1 N–H and O–H groups in total. The van der Waals surface area contributed by atoms with Crippen LogP contribution in [0.25, 0.3) is 0 Å². The standard InChI is InChI=1S/C16H29N5O/c1-12(2)21(13(3)4)10-9-18-16(22)20(6)14(5)15-7-8-17-11-19-15/h7-8,11-14H,9-10H2,1-6H3,(H,18,22)/t14-/m0/s1. The normalized spacial score (nSPS) is 12.8. The molecule has 6 nitrogen and oxygen atoms in total. The first-order valence-electron chi connectivity index (χ1n) is 7.86. The summed E-state index contributed by atoms with van der Waals surface area (Å²) in [4.78, 5) is 24.3. The summed E-state index contributed by atoms with van der Waals surface area (Å²) >= 11 is 0. The summed E-state index contributed by atoms with van der Waals surface area (Å²) < 4.78 is 0. The molecule has 0 saturated heterocycles. The summed E-state index contributed by atoms with van der Waals surface area (Å²) in [5, 5.41) is 2.98. The molecular weight excluding hydrogens is 278 g/mol. The highest BCUT2D eigenvalue weighted by Crippen LogP contribution is 2.15. The second kappa shape index (κ2) is 8.68. The molecule has 124 valence electrons. The molecule has 0 aliphatic heterocycles. The zero-order chi connectivity index (χ0) is 16.7. The molecule has 22 heavy (non-hydrogen) atoms. The Morgan fingerprint density at radius 1 is 1.23 bits per heavy atom. The molecule has 6 heteroatoms. The van der Waals surface area contributed by atoms with E-state index < -0.39 is 0 Å². The number of nitrogens with zero attached hydrogens (tertiary/aromatic N) is 4. The molecule has 0 fully saturated rings. The van der Waals surface area contributed by atoms with Gasteiger partial charge in [-0.05, 0) is 40.7 Å². The molecule has 0 aliphatic carbocycles. The topological polar surface area (TPSA) is 61.4 Å². The summed E-state index contributed by atoms with van der Waals surface area (Å²) in [6, 6.07) is 2.59. The quantitative estimate of drug-likeness (QED) is 0.839. The van der Waals surface area contributed by atoms with Crippen molar-refractivity contribution in [1.29, 1.82) is 0 Å². The van der Waals surface area contributed by atoms with Gasteiger partial charge in [0.2, 0.25) is 0 Å². The lowest BCUT2D eigenvalue weighted by Gasteiger charge is -2.31. The second-order valence-electron chi connectivity index (χ2n) is 6.08. The predicted molar refractivity (Wildman–Crippen MR) is 88.6 cm³/mol. The van der Waals surface area contributed by atoms with Gasteiger partial charge in [0, 0.05) is 38.4 Å². The van der Waals surface area contributed by atoms with Crippen molar-refractivity contribution < 1.29 is 4.79 Å². The maximum Gasteiger partial charge on any atom is 0.317 e. The van der Waals surface area contributed by atoms with E-state index in [4.69, 9.17) is 0 Å². The number of carbonyl (C=O) groups excluding carboxylic acids is 1. The number of rotatable bonds is 7. The Labute approximate surface area is 133 Å². The Morgan fingerprint density at radius 3 is 2.36 bits per heavy atom. The smallest absolute Gasteiger partial charge is 0.317 e.